The summed E-state index contributed by atoms with van der Waals surface area (Å²) in [5.41, 5.74) is 0. The Morgan fingerprint density at radius 3 is 2.23 bits per heavy atom. The molecule has 0 aromatic rings. The SMILES string of the molecule is CC(C)C#CC1CCS(=O)(=O)CC1. The lowest BCUT2D eigenvalue weighted by molar-refractivity contribution is 0.543. The summed E-state index contributed by atoms with van der Waals surface area (Å²) in [5, 5.41) is 0. The summed E-state index contributed by atoms with van der Waals surface area (Å²) in [4.78, 5) is 0. The second-order valence-corrected chi connectivity index (χ2v) is 6.17. The van der Waals surface area contributed by atoms with Gasteiger partial charge < -0.3 is 0 Å². The molecule has 1 aliphatic rings. The highest BCUT2D eigenvalue weighted by atomic mass is 32.2. The number of hydrogen-bond donors (Lipinski definition) is 0. The fraction of sp³-hybridized carbons (Fsp3) is 0.800. The molecule has 0 spiro atoms. The van der Waals surface area contributed by atoms with Crippen LogP contribution in [-0.4, -0.2) is 19.9 Å². The summed E-state index contributed by atoms with van der Waals surface area (Å²) >= 11 is 0. The van der Waals surface area contributed by atoms with Crippen molar-refractivity contribution in [2.75, 3.05) is 11.5 Å². The Balaban J connectivity index is 2.48. The Kier molecular flexibility index (Phi) is 3.38. The van der Waals surface area contributed by atoms with Crippen LogP contribution in [0.2, 0.25) is 0 Å². The van der Waals surface area contributed by atoms with Gasteiger partial charge >= 0.3 is 0 Å². The molecule has 0 bridgehead atoms. The molecule has 0 aromatic heterocycles. The van der Waals surface area contributed by atoms with Crippen molar-refractivity contribution >= 4 is 9.84 Å². The van der Waals surface area contributed by atoms with Crippen molar-refractivity contribution < 1.29 is 8.42 Å². The Bertz CT molecular complexity index is 303. The van der Waals surface area contributed by atoms with Crippen molar-refractivity contribution in [1.82, 2.24) is 0 Å². The van der Waals surface area contributed by atoms with Crippen molar-refractivity contribution in [3.8, 4) is 11.8 Å². The molecule has 0 amide bonds. The van der Waals surface area contributed by atoms with E-state index in [9.17, 15) is 8.42 Å². The van der Waals surface area contributed by atoms with E-state index in [1.54, 1.807) is 0 Å². The molecule has 0 unspecified atom stereocenters. The van der Waals surface area contributed by atoms with Gasteiger partial charge in [0, 0.05) is 11.8 Å². The topological polar surface area (TPSA) is 34.1 Å². The third-order valence-electron chi connectivity index (χ3n) is 2.13. The van der Waals surface area contributed by atoms with Gasteiger partial charge in [0.15, 0.2) is 0 Å². The largest absolute Gasteiger partial charge is 0.229 e. The number of hydrogen-bond acceptors (Lipinski definition) is 2. The zero-order valence-electron chi connectivity index (χ0n) is 8.21. The van der Waals surface area contributed by atoms with Gasteiger partial charge in [-0.05, 0) is 12.8 Å². The molecule has 1 fully saturated rings. The van der Waals surface area contributed by atoms with Gasteiger partial charge in [0.2, 0.25) is 0 Å². The first-order valence-corrected chi connectivity index (χ1v) is 6.53. The lowest BCUT2D eigenvalue weighted by atomic mass is 10.0. The second-order valence-electron chi connectivity index (χ2n) is 3.87. The average molecular weight is 200 g/mol. The smallest absolute Gasteiger partial charge is 0.150 e. The van der Waals surface area contributed by atoms with Crippen LogP contribution in [0.15, 0.2) is 0 Å². The monoisotopic (exact) mass is 200 g/mol. The van der Waals surface area contributed by atoms with E-state index in [0.29, 0.717) is 23.3 Å². The maximum Gasteiger partial charge on any atom is 0.150 e. The van der Waals surface area contributed by atoms with Crippen LogP contribution < -0.4 is 0 Å². The molecule has 0 aromatic carbocycles. The molecule has 0 atom stereocenters. The summed E-state index contributed by atoms with van der Waals surface area (Å²) in [7, 11) is -2.72. The minimum atomic E-state index is -2.72. The molecule has 1 heterocycles. The van der Waals surface area contributed by atoms with Gasteiger partial charge in [0.25, 0.3) is 0 Å². The van der Waals surface area contributed by atoms with Crippen LogP contribution in [0.1, 0.15) is 26.7 Å². The molecule has 0 saturated carbocycles. The standard InChI is InChI=1S/C10H16O2S/c1-9(2)3-4-10-5-7-13(11,12)8-6-10/h9-10H,5-8H2,1-2H3. The quantitative estimate of drug-likeness (QED) is 0.555. The lowest BCUT2D eigenvalue weighted by Gasteiger charge is -2.16. The summed E-state index contributed by atoms with van der Waals surface area (Å²) < 4.78 is 22.2. The summed E-state index contributed by atoms with van der Waals surface area (Å²) in [5.74, 6) is 7.59. The van der Waals surface area contributed by atoms with E-state index in [1.165, 1.54) is 0 Å². The van der Waals surface area contributed by atoms with E-state index < -0.39 is 9.84 Å². The van der Waals surface area contributed by atoms with Crippen molar-refractivity contribution in [2.24, 2.45) is 11.8 Å². The highest BCUT2D eigenvalue weighted by Crippen LogP contribution is 2.17. The van der Waals surface area contributed by atoms with E-state index in [4.69, 9.17) is 0 Å². The average Bonchev–Trinajstić information content (AvgIpc) is 2.02. The zero-order chi connectivity index (χ0) is 9.90. The first-order valence-electron chi connectivity index (χ1n) is 4.71. The Hall–Kier alpha value is -0.490. The van der Waals surface area contributed by atoms with Crippen molar-refractivity contribution in [3.63, 3.8) is 0 Å². The first-order chi connectivity index (χ1) is 5.99. The van der Waals surface area contributed by atoms with Gasteiger partial charge in [-0.15, -0.1) is 5.92 Å². The first kappa shape index (κ1) is 10.6. The molecular weight excluding hydrogens is 184 g/mol. The molecule has 3 heteroatoms. The lowest BCUT2D eigenvalue weighted by Crippen LogP contribution is -2.22. The Labute approximate surface area is 80.6 Å². The van der Waals surface area contributed by atoms with Crippen molar-refractivity contribution in [1.29, 1.82) is 0 Å². The van der Waals surface area contributed by atoms with Gasteiger partial charge in [0.1, 0.15) is 9.84 Å². The second kappa shape index (κ2) is 4.15. The van der Waals surface area contributed by atoms with Gasteiger partial charge in [-0.1, -0.05) is 19.8 Å². The van der Waals surface area contributed by atoms with Gasteiger partial charge in [0.05, 0.1) is 11.5 Å². The maximum absolute atomic E-state index is 11.1. The molecule has 1 rings (SSSR count). The van der Waals surface area contributed by atoms with Crippen LogP contribution in [0.4, 0.5) is 0 Å². The third kappa shape index (κ3) is 3.82. The molecule has 0 radical (unpaired) electrons. The minimum Gasteiger partial charge on any atom is -0.229 e. The maximum atomic E-state index is 11.1. The predicted octanol–water partition coefficient (Wildman–Crippen LogP) is 1.47. The van der Waals surface area contributed by atoms with Crippen LogP contribution in [0, 0.1) is 23.7 Å². The molecule has 0 N–H and O–H groups in total. The summed E-state index contributed by atoms with van der Waals surface area (Å²) in [6.45, 7) is 4.10. The number of rotatable bonds is 0. The van der Waals surface area contributed by atoms with E-state index in [0.717, 1.165) is 12.8 Å². The fourth-order valence-electron chi connectivity index (χ4n) is 1.32. The molecule has 74 valence electrons. The van der Waals surface area contributed by atoms with Crippen LogP contribution in [0.5, 0.6) is 0 Å². The molecule has 0 aliphatic carbocycles. The van der Waals surface area contributed by atoms with Crippen LogP contribution >= 0.6 is 0 Å². The fourth-order valence-corrected chi connectivity index (χ4v) is 2.81. The van der Waals surface area contributed by atoms with Crippen molar-refractivity contribution in [3.05, 3.63) is 0 Å². The molecule has 1 saturated heterocycles. The summed E-state index contributed by atoms with van der Waals surface area (Å²) in [6.07, 6.45) is 1.45. The third-order valence-corrected chi connectivity index (χ3v) is 3.85. The van der Waals surface area contributed by atoms with E-state index in [-0.39, 0.29) is 0 Å². The highest BCUT2D eigenvalue weighted by Gasteiger charge is 2.21. The predicted molar refractivity (Wildman–Crippen MR) is 54.0 cm³/mol. The molecule has 13 heavy (non-hydrogen) atoms. The van der Waals surface area contributed by atoms with Gasteiger partial charge in [-0.25, -0.2) is 8.42 Å². The minimum absolute atomic E-state index is 0.311. The molecule has 1 aliphatic heterocycles. The molecular formula is C10H16O2S. The molecule has 2 nitrogen and oxygen atoms in total. The van der Waals surface area contributed by atoms with Crippen LogP contribution in [0.25, 0.3) is 0 Å². The number of sulfone groups is 1. The Morgan fingerprint density at radius 2 is 1.77 bits per heavy atom. The van der Waals surface area contributed by atoms with Crippen LogP contribution in [0.3, 0.4) is 0 Å². The Morgan fingerprint density at radius 1 is 1.23 bits per heavy atom. The van der Waals surface area contributed by atoms with Gasteiger partial charge in [-0.3, -0.25) is 0 Å². The normalized spacial score (nSPS) is 22.4. The van der Waals surface area contributed by atoms with Crippen molar-refractivity contribution in [2.45, 2.75) is 26.7 Å². The van der Waals surface area contributed by atoms with E-state index >= 15 is 0 Å². The van der Waals surface area contributed by atoms with E-state index in [2.05, 4.69) is 11.8 Å². The van der Waals surface area contributed by atoms with Gasteiger partial charge in [-0.2, -0.15) is 0 Å². The summed E-state index contributed by atoms with van der Waals surface area (Å²) in [6, 6.07) is 0. The van der Waals surface area contributed by atoms with E-state index in [1.807, 2.05) is 13.8 Å². The highest BCUT2D eigenvalue weighted by molar-refractivity contribution is 7.91. The zero-order valence-corrected chi connectivity index (χ0v) is 9.02. The van der Waals surface area contributed by atoms with Crippen LogP contribution in [-0.2, 0) is 9.84 Å².